The summed E-state index contributed by atoms with van der Waals surface area (Å²) in [6.07, 6.45) is 2.57. The van der Waals surface area contributed by atoms with Gasteiger partial charge in [0.15, 0.2) is 0 Å². The third-order valence-corrected chi connectivity index (χ3v) is 6.07. The van der Waals surface area contributed by atoms with E-state index in [0.29, 0.717) is 33.8 Å². The van der Waals surface area contributed by atoms with Crippen molar-refractivity contribution in [3.63, 3.8) is 0 Å². The third-order valence-electron chi connectivity index (χ3n) is 6.07. The molecule has 0 spiro atoms. The van der Waals surface area contributed by atoms with E-state index in [1.165, 1.54) is 19.2 Å². The van der Waals surface area contributed by atoms with Crippen molar-refractivity contribution in [1.29, 1.82) is 0 Å². The summed E-state index contributed by atoms with van der Waals surface area (Å²) in [4.78, 5) is 33.6. The highest BCUT2D eigenvalue weighted by Crippen LogP contribution is 2.38. The second kappa shape index (κ2) is 8.74. The van der Waals surface area contributed by atoms with Crippen molar-refractivity contribution in [3.05, 3.63) is 71.4 Å². The van der Waals surface area contributed by atoms with Crippen LogP contribution >= 0.6 is 0 Å². The van der Waals surface area contributed by atoms with Gasteiger partial charge in [-0.25, -0.2) is 0 Å². The number of ether oxygens (including phenoxy) is 2. The normalized spacial score (nSPS) is 14.8. The van der Waals surface area contributed by atoms with Crippen LogP contribution in [0.15, 0.2) is 54.7 Å². The first-order chi connectivity index (χ1) is 16.5. The quantitative estimate of drug-likeness (QED) is 0.541. The number of hydrogen-bond donors (Lipinski definition) is 0. The number of carbonyl (C=O) groups excluding carboxylic acids is 2. The van der Waals surface area contributed by atoms with Gasteiger partial charge in [-0.2, -0.15) is 8.78 Å². The van der Waals surface area contributed by atoms with Crippen molar-refractivity contribution in [1.82, 2.24) is 9.88 Å². The van der Waals surface area contributed by atoms with Crippen molar-refractivity contribution in [3.8, 4) is 22.8 Å². The molecule has 0 radical (unpaired) electrons. The lowest BCUT2D eigenvalue weighted by molar-refractivity contribution is -0.0498. The molecular formula is C25H21F2N3O4. The van der Waals surface area contributed by atoms with Crippen LogP contribution in [0.4, 0.5) is 14.5 Å². The number of halogens is 2. The van der Waals surface area contributed by atoms with E-state index in [4.69, 9.17) is 4.74 Å². The molecule has 9 heteroatoms. The first kappa shape index (κ1) is 21.8. The molecule has 0 unspecified atom stereocenters. The van der Waals surface area contributed by atoms with Crippen molar-refractivity contribution >= 4 is 17.5 Å². The molecular weight excluding hydrogens is 444 g/mol. The van der Waals surface area contributed by atoms with E-state index in [2.05, 4.69) is 9.72 Å². The molecule has 0 atom stereocenters. The van der Waals surface area contributed by atoms with Gasteiger partial charge >= 0.3 is 6.61 Å². The van der Waals surface area contributed by atoms with Gasteiger partial charge in [-0.3, -0.25) is 14.6 Å². The zero-order valence-electron chi connectivity index (χ0n) is 18.3. The molecule has 2 amide bonds. The van der Waals surface area contributed by atoms with Crippen molar-refractivity contribution in [2.24, 2.45) is 0 Å². The Morgan fingerprint density at radius 2 is 1.82 bits per heavy atom. The zero-order chi connectivity index (χ0) is 23.8. The fraction of sp³-hybridized carbons (Fsp3) is 0.240. The second-order valence-electron chi connectivity index (χ2n) is 8.01. The monoisotopic (exact) mass is 465 g/mol. The highest BCUT2D eigenvalue weighted by molar-refractivity contribution is 6.11. The van der Waals surface area contributed by atoms with Crippen LogP contribution in [0, 0.1) is 0 Å². The maximum Gasteiger partial charge on any atom is 0.387 e. The topological polar surface area (TPSA) is 72.0 Å². The number of nitrogens with zero attached hydrogens (tertiary/aromatic N) is 3. The zero-order valence-corrected chi connectivity index (χ0v) is 18.3. The molecule has 0 N–H and O–H groups in total. The lowest BCUT2D eigenvalue weighted by Crippen LogP contribution is -2.42. The van der Waals surface area contributed by atoms with Crippen LogP contribution < -0.4 is 14.4 Å². The summed E-state index contributed by atoms with van der Waals surface area (Å²) in [7, 11) is 1.53. The van der Waals surface area contributed by atoms with E-state index < -0.39 is 6.61 Å². The maximum atomic E-state index is 13.1. The minimum atomic E-state index is -2.92. The van der Waals surface area contributed by atoms with Crippen LogP contribution in [0.25, 0.3) is 11.3 Å². The summed E-state index contributed by atoms with van der Waals surface area (Å²) < 4.78 is 34.8. The average molecular weight is 465 g/mol. The Balaban J connectivity index is 1.46. The summed E-state index contributed by atoms with van der Waals surface area (Å²) in [5, 5.41) is 0. The smallest absolute Gasteiger partial charge is 0.387 e. The molecule has 2 aliphatic heterocycles. The highest BCUT2D eigenvalue weighted by atomic mass is 19.3. The van der Waals surface area contributed by atoms with Gasteiger partial charge in [0, 0.05) is 47.2 Å². The first-order valence-corrected chi connectivity index (χ1v) is 10.8. The number of methoxy groups -OCH3 is 1. The molecule has 2 aromatic carbocycles. The van der Waals surface area contributed by atoms with E-state index in [-0.39, 0.29) is 24.1 Å². The second-order valence-corrected chi connectivity index (χ2v) is 8.01. The Labute approximate surface area is 194 Å². The molecule has 34 heavy (non-hydrogen) atoms. The lowest BCUT2D eigenvalue weighted by atomic mass is 10.00. The number of pyridine rings is 1. The Morgan fingerprint density at radius 1 is 1.06 bits per heavy atom. The number of anilines is 1. The minimum Gasteiger partial charge on any atom is -0.496 e. The van der Waals surface area contributed by atoms with Crippen LogP contribution in [-0.4, -0.2) is 48.5 Å². The van der Waals surface area contributed by atoms with Gasteiger partial charge in [0.05, 0.1) is 19.3 Å². The van der Waals surface area contributed by atoms with Crippen LogP contribution in [-0.2, 0) is 6.54 Å². The van der Waals surface area contributed by atoms with E-state index in [9.17, 15) is 18.4 Å². The van der Waals surface area contributed by atoms with Crippen LogP contribution in [0.1, 0.15) is 32.7 Å². The molecule has 3 aromatic rings. The summed E-state index contributed by atoms with van der Waals surface area (Å²) >= 11 is 0. The number of fused-ring (bicyclic) bond motifs is 1. The predicted molar refractivity (Wildman–Crippen MR) is 120 cm³/mol. The molecule has 174 valence electrons. The van der Waals surface area contributed by atoms with Gasteiger partial charge < -0.3 is 19.3 Å². The number of likely N-dealkylation sites (tertiary alicyclic amines) is 1. The minimum absolute atomic E-state index is 0.0165. The van der Waals surface area contributed by atoms with E-state index in [0.717, 1.165) is 25.1 Å². The number of carbonyl (C=O) groups is 2. The third kappa shape index (κ3) is 3.83. The van der Waals surface area contributed by atoms with Gasteiger partial charge in [-0.15, -0.1) is 0 Å². The Kier molecular flexibility index (Phi) is 5.61. The van der Waals surface area contributed by atoms with Gasteiger partial charge in [-0.1, -0.05) is 0 Å². The molecule has 1 aromatic heterocycles. The SMILES string of the molecule is COc1cc(C(=O)N2CCC2)ccc1-c1nccc2c1CN(c1ccc(OC(F)F)cc1)C2=O. The predicted octanol–water partition coefficient (Wildman–Crippen LogP) is 4.36. The number of amides is 2. The highest BCUT2D eigenvalue weighted by Gasteiger charge is 2.32. The molecule has 0 aliphatic carbocycles. The molecule has 1 saturated heterocycles. The number of alkyl halides is 2. The van der Waals surface area contributed by atoms with Gasteiger partial charge in [0.25, 0.3) is 11.8 Å². The molecule has 3 heterocycles. The molecule has 0 saturated carbocycles. The summed E-state index contributed by atoms with van der Waals surface area (Å²) in [5.41, 5.74) is 3.58. The van der Waals surface area contributed by atoms with Gasteiger partial charge in [0.2, 0.25) is 0 Å². The van der Waals surface area contributed by atoms with E-state index in [1.807, 2.05) is 0 Å². The van der Waals surface area contributed by atoms with Gasteiger partial charge in [-0.05, 0) is 55.0 Å². The van der Waals surface area contributed by atoms with Crippen LogP contribution in [0.2, 0.25) is 0 Å². The fourth-order valence-corrected chi connectivity index (χ4v) is 4.20. The first-order valence-electron chi connectivity index (χ1n) is 10.8. The number of aromatic nitrogens is 1. The maximum absolute atomic E-state index is 13.1. The molecule has 0 bridgehead atoms. The Hall–Kier alpha value is -4.01. The fourth-order valence-electron chi connectivity index (χ4n) is 4.20. The molecule has 7 nitrogen and oxygen atoms in total. The largest absolute Gasteiger partial charge is 0.496 e. The number of rotatable bonds is 6. The summed E-state index contributed by atoms with van der Waals surface area (Å²) in [6.45, 7) is -1.16. The lowest BCUT2D eigenvalue weighted by Gasteiger charge is -2.31. The molecule has 2 aliphatic rings. The number of hydrogen-bond acceptors (Lipinski definition) is 5. The van der Waals surface area contributed by atoms with Crippen LogP contribution in [0.3, 0.4) is 0 Å². The Morgan fingerprint density at radius 3 is 2.47 bits per heavy atom. The summed E-state index contributed by atoms with van der Waals surface area (Å²) in [6, 6.07) is 12.8. The van der Waals surface area contributed by atoms with Crippen molar-refractivity contribution < 1.29 is 27.8 Å². The Bertz CT molecular complexity index is 1260. The average Bonchev–Trinajstić information content (AvgIpc) is 3.14. The van der Waals surface area contributed by atoms with Gasteiger partial charge in [0.1, 0.15) is 11.5 Å². The number of benzene rings is 2. The molecule has 1 fully saturated rings. The van der Waals surface area contributed by atoms with E-state index in [1.54, 1.807) is 52.4 Å². The van der Waals surface area contributed by atoms with Crippen molar-refractivity contribution in [2.75, 3.05) is 25.1 Å². The van der Waals surface area contributed by atoms with Crippen molar-refractivity contribution in [2.45, 2.75) is 19.6 Å². The van der Waals surface area contributed by atoms with E-state index >= 15 is 0 Å². The van der Waals surface area contributed by atoms with Crippen LogP contribution in [0.5, 0.6) is 11.5 Å². The summed E-state index contributed by atoms with van der Waals surface area (Å²) in [5.74, 6) is 0.252. The molecule has 5 rings (SSSR count). The standard InChI is InChI=1S/C25H21F2N3O4/c1-33-21-13-15(23(31)29-11-2-12-29)3-8-19(21)22-20-14-30(24(32)18(20)9-10-28-22)16-4-6-17(7-5-16)34-25(26)27/h3-10,13,25H,2,11-12,14H2,1H3.